The zero-order valence-corrected chi connectivity index (χ0v) is 12.8. The highest BCUT2D eigenvalue weighted by Crippen LogP contribution is 2.23. The van der Waals surface area contributed by atoms with Gasteiger partial charge in [0.1, 0.15) is 11.3 Å². The number of amides is 1. The van der Waals surface area contributed by atoms with Crippen LogP contribution in [0, 0.1) is 5.92 Å². The van der Waals surface area contributed by atoms with E-state index in [1.165, 1.54) is 16.9 Å². The fourth-order valence-corrected chi connectivity index (χ4v) is 3.62. The lowest BCUT2D eigenvalue weighted by atomic mass is 9.99. The maximum Gasteiger partial charge on any atom is 0.273 e. The lowest BCUT2D eigenvalue weighted by Gasteiger charge is -2.15. The summed E-state index contributed by atoms with van der Waals surface area (Å²) in [6.07, 6.45) is 5.85. The molecule has 0 spiro atoms. The highest BCUT2D eigenvalue weighted by molar-refractivity contribution is 7.07. The normalized spacial score (nSPS) is 18.2. The zero-order valence-electron chi connectivity index (χ0n) is 12.0. The topological polar surface area (TPSA) is 61.9 Å². The number of aromatic nitrogens is 3. The minimum absolute atomic E-state index is 0.0583. The second kappa shape index (κ2) is 5.53. The van der Waals surface area contributed by atoms with Crippen molar-refractivity contribution in [2.45, 2.75) is 12.8 Å². The Bertz CT molecular complexity index is 795. The van der Waals surface area contributed by atoms with Crippen molar-refractivity contribution in [2.75, 3.05) is 13.1 Å². The molecule has 4 rings (SSSR count). The van der Waals surface area contributed by atoms with E-state index in [1.807, 2.05) is 28.7 Å². The predicted molar refractivity (Wildman–Crippen MR) is 85.9 cm³/mol. The summed E-state index contributed by atoms with van der Waals surface area (Å²) in [5.74, 6) is 0.559. The van der Waals surface area contributed by atoms with Crippen LogP contribution in [0.1, 0.15) is 22.5 Å². The summed E-state index contributed by atoms with van der Waals surface area (Å²) < 4.78 is 0. The number of carbonyl (C=O) groups is 1. The number of fused-ring (bicyclic) bond motifs is 1. The molecule has 1 amide bonds. The van der Waals surface area contributed by atoms with Crippen LogP contribution in [0.3, 0.4) is 0 Å². The van der Waals surface area contributed by atoms with E-state index in [-0.39, 0.29) is 5.91 Å². The predicted octanol–water partition coefficient (Wildman–Crippen LogP) is 2.72. The van der Waals surface area contributed by atoms with Crippen molar-refractivity contribution in [3.63, 3.8) is 0 Å². The van der Waals surface area contributed by atoms with Gasteiger partial charge >= 0.3 is 0 Å². The number of carbonyl (C=O) groups excluding carboxylic acids is 1. The standard InChI is InChI=1S/C16H16N4OS/c21-16(14-9-22-10-19-14)20-4-2-11(8-20)5-12-6-13-1-3-17-15(13)18-7-12/h1,3,6-7,9-11H,2,4-5,8H2,(H,17,18)/t11-/m1/s1. The molecule has 0 bridgehead atoms. The number of nitrogens with one attached hydrogen (secondary N) is 1. The number of hydrogen-bond acceptors (Lipinski definition) is 4. The molecule has 112 valence electrons. The first-order valence-corrected chi connectivity index (χ1v) is 8.33. The van der Waals surface area contributed by atoms with Gasteiger partial charge in [-0.2, -0.15) is 0 Å². The molecule has 1 aliphatic heterocycles. The molecular weight excluding hydrogens is 296 g/mol. The van der Waals surface area contributed by atoms with Crippen molar-refractivity contribution in [3.8, 4) is 0 Å². The van der Waals surface area contributed by atoms with Crippen molar-refractivity contribution in [2.24, 2.45) is 5.92 Å². The quantitative estimate of drug-likeness (QED) is 0.809. The number of H-pyrrole nitrogens is 1. The number of likely N-dealkylation sites (tertiary alicyclic amines) is 1. The van der Waals surface area contributed by atoms with Crippen LogP contribution in [-0.4, -0.2) is 38.8 Å². The van der Waals surface area contributed by atoms with Crippen LogP contribution < -0.4 is 0 Å². The molecule has 5 nitrogen and oxygen atoms in total. The Kier molecular flexibility index (Phi) is 3.38. The van der Waals surface area contributed by atoms with Gasteiger partial charge in [0.2, 0.25) is 0 Å². The molecule has 0 saturated carbocycles. The van der Waals surface area contributed by atoms with Crippen LogP contribution in [-0.2, 0) is 6.42 Å². The molecule has 0 aliphatic carbocycles. The number of nitrogens with zero attached hydrogens (tertiary/aromatic N) is 3. The molecule has 3 aromatic rings. The van der Waals surface area contributed by atoms with Gasteiger partial charge in [-0.3, -0.25) is 4.79 Å². The molecule has 1 aliphatic rings. The van der Waals surface area contributed by atoms with Crippen molar-refractivity contribution in [3.05, 3.63) is 46.7 Å². The van der Waals surface area contributed by atoms with Crippen molar-refractivity contribution in [1.82, 2.24) is 19.9 Å². The fraction of sp³-hybridized carbons (Fsp3) is 0.312. The highest BCUT2D eigenvalue weighted by atomic mass is 32.1. The highest BCUT2D eigenvalue weighted by Gasteiger charge is 2.27. The van der Waals surface area contributed by atoms with Gasteiger partial charge in [-0.05, 0) is 36.5 Å². The molecule has 1 fully saturated rings. The van der Waals surface area contributed by atoms with Crippen LogP contribution >= 0.6 is 11.3 Å². The smallest absolute Gasteiger partial charge is 0.273 e. The first-order chi connectivity index (χ1) is 10.8. The summed E-state index contributed by atoms with van der Waals surface area (Å²) in [5, 5.41) is 2.96. The Morgan fingerprint density at radius 3 is 3.27 bits per heavy atom. The average Bonchev–Trinajstić information content (AvgIpc) is 3.27. The van der Waals surface area contributed by atoms with Crippen LogP contribution in [0.2, 0.25) is 0 Å². The van der Waals surface area contributed by atoms with Crippen molar-refractivity contribution in [1.29, 1.82) is 0 Å². The molecule has 22 heavy (non-hydrogen) atoms. The van der Waals surface area contributed by atoms with Gasteiger partial charge in [0.15, 0.2) is 0 Å². The molecule has 1 atom stereocenters. The molecule has 4 heterocycles. The summed E-state index contributed by atoms with van der Waals surface area (Å²) in [5.41, 5.74) is 4.44. The van der Waals surface area contributed by atoms with E-state index in [1.54, 1.807) is 5.51 Å². The number of aromatic amines is 1. The number of pyridine rings is 1. The summed E-state index contributed by atoms with van der Waals surface area (Å²) in [7, 11) is 0. The largest absolute Gasteiger partial charge is 0.346 e. The fourth-order valence-electron chi connectivity index (χ4n) is 3.09. The van der Waals surface area contributed by atoms with Crippen LogP contribution in [0.5, 0.6) is 0 Å². The monoisotopic (exact) mass is 312 g/mol. The Hall–Kier alpha value is -2.21. The molecule has 1 N–H and O–H groups in total. The van der Waals surface area contributed by atoms with Crippen LogP contribution in [0.25, 0.3) is 11.0 Å². The summed E-state index contributed by atoms with van der Waals surface area (Å²) >= 11 is 1.46. The second-order valence-electron chi connectivity index (χ2n) is 5.74. The van der Waals surface area contributed by atoms with E-state index in [4.69, 9.17) is 0 Å². The Balaban J connectivity index is 1.43. The lowest BCUT2D eigenvalue weighted by Crippen LogP contribution is -2.29. The van der Waals surface area contributed by atoms with E-state index in [0.717, 1.165) is 37.0 Å². The van der Waals surface area contributed by atoms with Crippen molar-refractivity contribution < 1.29 is 4.79 Å². The van der Waals surface area contributed by atoms with Gasteiger partial charge < -0.3 is 9.88 Å². The number of thiazole rings is 1. The maximum absolute atomic E-state index is 12.3. The lowest BCUT2D eigenvalue weighted by molar-refractivity contribution is 0.0782. The SMILES string of the molecule is O=C(c1cscn1)N1CC[C@H](Cc2cnc3[nH]ccc3c2)C1. The number of rotatable bonds is 3. The average molecular weight is 312 g/mol. The molecular formula is C16H16N4OS. The van der Waals surface area contributed by atoms with E-state index in [0.29, 0.717) is 11.6 Å². The van der Waals surface area contributed by atoms with Crippen LogP contribution in [0.4, 0.5) is 0 Å². The Morgan fingerprint density at radius 2 is 2.41 bits per heavy atom. The van der Waals surface area contributed by atoms with Gasteiger partial charge in [0, 0.05) is 36.2 Å². The zero-order chi connectivity index (χ0) is 14.9. The first kappa shape index (κ1) is 13.5. The second-order valence-corrected chi connectivity index (χ2v) is 6.46. The van der Waals surface area contributed by atoms with Gasteiger partial charge in [0.25, 0.3) is 5.91 Å². The minimum atomic E-state index is 0.0583. The molecule has 0 aromatic carbocycles. The summed E-state index contributed by atoms with van der Waals surface area (Å²) in [6.45, 7) is 1.63. The molecule has 1 saturated heterocycles. The third-order valence-electron chi connectivity index (χ3n) is 4.21. The van der Waals surface area contributed by atoms with Crippen molar-refractivity contribution >= 4 is 28.3 Å². The molecule has 0 radical (unpaired) electrons. The minimum Gasteiger partial charge on any atom is -0.346 e. The maximum atomic E-state index is 12.3. The van der Waals surface area contributed by atoms with Gasteiger partial charge in [-0.25, -0.2) is 9.97 Å². The summed E-state index contributed by atoms with van der Waals surface area (Å²) in [4.78, 5) is 25.9. The molecule has 6 heteroatoms. The van der Waals surface area contributed by atoms with Crippen LogP contribution in [0.15, 0.2) is 35.4 Å². The van der Waals surface area contributed by atoms with Gasteiger partial charge in [-0.1, -0.05) is 0 Å². The van der Waals surface area contributed by atoms with E-state index in [9.17, 15) is 4.79 Å². The Morgan fingerprint density at radius 1 is 1.45 bits per heavy atom. The van der Waals surface area contributed by atoms with E-state index >= 15 is 0 Å². The number of hydrogen-bond donors (Lipinski definition) is 1. The third kappa shape index (κ3) is 2.50. The van der Waals surface area contributed by atoms with E-state index in [2.05, 4.69) is 21.0 Å². The first-order valence-electron chi connectivity index (χ1n) is 7.39. The summed E-state index contributed by atoms with van der Waals surface area (Å²) in [6, 6.07) is 4.22. The molecule has 0 unspecified atom stereocenters. The van der Waals surface area contributed by atoms with E-state index < -0.39 is 0 Å². The molecule has 3 aromatic heterocycles. The Labute approximate surface area is 132 Å². The van der Waals surface area contributed by atoms with Gasteiger partial charge in [-0.15, -0.1) is 11.3 Å². The third-order valence-corrected chi connectivity index (χ3v) is 4.79. The van der Waals surface area contributed by atoms with Gasteiger partial charge in [0.05, 0.1) is 5.51 Å².